The lowest BCUT2D eigenvalue weighted by Gasteiger charge is -2.32. The summed E-state index contributed by atoms with van der Waals surface area (Å²) in [5.74, 6) is 0.448. The molecule has 2 aromatic heterocycles. The van der Waals surface area contributed by atoms with E-state index in [9.17, 15) is 0 Å². The monoisotopic (exact) mass is 414 g/mol. The lowest BCUT2D eigenvalue weighted by molar-refractivity contribution is 0.198. The lowest BCUT2D eigenvalue weighted by Crippen LogP contribution is -2.34. The maximum atomic E-state index is 6.03. The Kier molecular flexibility index (Phi) is 5.08. The first kappa shape index (κ1) is 17.3. The number of rotatable bonds is 5. The van der Waals surface area contributed by atoms with Gasteiger partial charge in [0.25, 0.3) is 0 Å². The van der Waals surface area contributed by atoms with Crippen LogP contribution in [0.1, 0.15) is 35.6 Å². The van der Waals surface area contributed by atoms with Crippen LogP contribution >= 0.6 is 15.9 Å². The van der Waals surface area contributed by atoms with Crippen LogP contribution in [0.5, 0.6) is 0 Å². The Balaban J connectivity index is 1.37. The third kappa shape index (κ3) is 3.99. The minimum absolute atomic E-state index is 0.448. The molecule has 0 aliphatic carbocycles. The number of piperidine rings is 1. The Morgan fingerprint density at radius 2 is 1.92 bits per heavy atom. The molecule has 1 aromatic carbocycles. The van der Waals surface area contributed by atoms with Crippen molar-refractivity contribution in [2.45, 2.75) is 31.8 Å². The highest BCUT2D eigenvalue weighted by molar-refractivity contribution is 9.10. The van der Waals surface area contributed by atoms with E-state index >= 15 is 0 Å². The first-order chi connectivity index (χ1) is 12.7. The average Bonchev–Trinajstić information content (AvgIpc) is 3.25. The number of anilines is 1. The Hall–Kier alpha value is -2.12. The molecule has 0 radical (unpaired) electrons. The molecule has 0 bridgehead atoms. The molecule has 3 N–H and O–H groups in total. The second-order valence-corrected chi connectivity index (χ2v) is 7.90. The van der Waals surface area contributed by atoms with E-state index in [0.29, 0.717) is 5.92 Å². The molecule has 0 saturated carbocycles. The fourth-order valence-electron chi connectivity index (χ4n) is 3.69. The first-order valence-corrected chi connectivity index (χ1v) is 9.73. The number of halogens is 1. The van der Waals surface area contributed by atoms with Crippen molar-refractivity contribution in [3.63, 3.8) is 0 Å². The smallest absolute Gasteiger partial charge is 0.0733 e. The highest BCUT2D eigenvalue weighted by Gasteiger charge is 2.24. The number of nitrogens with one attached hydrogen (secondary N) is 1. The fraction of sp³-hybridized carbons (Fsp3) is 0.368. The summed E-state index contributed by atoms with van der Waals surface area (Å²) in [5, 5.41) is 11.5. The number of H-pyrrole nitrogens is 1. The highest BCUT2D eigenvalue weighted by atomic mass is 79.9. The van der Waals surface area contributed by atoms with Crippen molar-refractivity contribution in [1.29, 1.82) is 0 Å². The van der Waals surface area contributed by atoms with Gasteiger partial charge in [-0.15, -0.1) is 0 Å². The lowest BCUT2D eigenvalue weighted by atomic mass is 9.94. The number of benzene rings is 1. The zero-order valence-electron chi connectivity index (χ0n) is 14.6. The summed E-state index contributed by atoms with van der Waals surface area (Å²) in [5.41, 5.74) is 10.5. The number of nitrogens with two attached hydrogens (primary N) is 1. The first-order valence-electron chi connectivity index (χ1n) is 8.94. The van der Waals surface area contributed by atoms with E-state index in [4.69, 9.17) is 5.73 Å². The molecule has 26 heavy (non-hydrogen) atoms. The molecular weight excluding hydrogens is 392 g/mol. The molecule has 1 aliphatic rings. The van der Waals surface area contributed by atoms with Gasteiger partial charge in [-0.05, 0) is 46.4 Å². The van der Waals surface area contributed by atoms with Crippen LogP contribution in [0.15, 0.2) is 47.3 Å². The molecule has 1 fully saturated rings. The van der Waals surface area contributed by atoms with Gasteiger partial charge in [0.15, 0.2) is 0 Å². The predicted octanol–water partition coefficient (Wildman–Crippen LogP) is 3.38. The molecular formula is C19H23BrN6. The van der Waals surface area contributed by atoms with Gasteiger partial charge in [0.2, 0.25) is 0 Å². The van der Waals surface area contributed by atoms with Crippen molar-refractivity contribution in [2.24, 2.45) is 0 Å². The van der Waals surface area contributed by atoms with Gasteiger partial charge < -0.3 is 5.73 Å². The van der Waals surface area contributed by atoms with Crippen LogP contribution in [0.4, 0.5) is 5.69 Å². The van der Waals surface area contributed by atoms with E-state index in [1.165, 1.54) is 24.0 Å². The van der Waals surface area contributed by atoms with Crippen molar-refractivity contribution in [1.82, 2.24) is 24.9 Å². The zero-order valence-corrected chi connectivity index (χ0v) is 16.2. The van der Waals surface area contributed by atoms with Gasteiger partial charge >= 0.3 is 0 Å². The van der Waals surface area contributed by atoms with E-state index in [1.54, 1.807) is 6.20 Å². The largest absolute Gasteiger partial charge is 0.396 e. The predicted molar refractivity (Wildman–Crippen MR) is 106 cm³/mol. The summed E-state index contributed by atoms with van der Waals surface area (Å²) in [7, 11) is 0. The summed E-state index contributed by atoms with van der Waals surface area (Å²) in [6.07, 6.45) is 7.87. The normalized spacial score (nSPS) is 18.3. The van der Waals surface area contributed by atoms with Crippen molar-refractivity contribution in [2.75, 3.05) is 18.8 Å². The molecule has 0 spiro atoms. The second kappa shape index (κ2) is 7.63. The summed E-state index contributed by atoms with van der Waals surface area (Å²) in [6.45, 7) is 3.91. The van der Waals surface area contributed by atoms with Gasteiger partial charge in [-0.3, -0.25) is 14.7 Å². The van der Waals surface area contributed by atoms with Crippen LogP contribution in [-0.2, 0) is 13.1 Å². The topological polar surface area (TPSA) is 75.8 Å². The van der Waals surface area contributed by atoms with E-state index in [2.05, 4.69) is 60.4 Å². The minimum atomic E-state index is 0.448. The van der Waals surface area contributed by atoms with Gasteiger partial charge in [0.05, 0.1) is 34.8 Å². The van der Waals surface area contributed by atoms with Crippen LogP contribution in [-0.4, -0.2) is 38.0 Å². The molecule has 3 heterocycles. The maximum absolute atomic E-state index is 6.03. The van der Waals surface area contributed by atoms with Gasteiger partial charge in [-0.2, -0.15) is 10.2 Å². The van der Waals surface area contributed by atoms with Crippen LogP contribution in [0.2, 0.25) is 0 Å². The van der Waals surface area contributed by atoms with E-state index in [0.717, 1.165) is 42.0 Å². The molecule has 4 rings (SSSR count). The van der Waals surface area contributed by atoms with E-state index in [1.807, 2.05) is 17.1 Å². The molecule has 136 valence electrons. The van der Waals surface area contributed by atoms with Gasteiger partial charge in [0.1, 0.15) is 0 Å². The van der Waals surface area contributed by atoms with Crippen LogP contribution in [0.25, 0.3) is 0 Å². The van der Waals surface area contributed by atoms with E-state index < -0.39 is 0 Å². The van der Waals surface area contributed by atoms with Crippen molar-refractivity contribution >= 4 is 21.6 Å². The summed E-state index contributed by atoms with van der Waals surface area (Å²) in [4.78, 5) is 2.51. The molecule has 1 unspecified atom stereocenters. The maximum Gasteiger partial charge on any atom is 0.0733 e. The minimum Gasteiger partial charge on any atom is -0.396 e. The number of nitrogen functional groups attached to an aromatic ring is 1. The number of hydrogen-bond donors (Lipinski definition) is 2. The van der Waals surface area contributed by atoms with Crippen LogP contribution in [0.3, 0.4) is 0 Å². The Bertz CT molecular complexity index is 853. The molecule has 0 amide bonds. The van der Waals surface area contributed by atoms with Crippen molar-refractivity contribution < 1.29 is 0 Å². The highest BCUT2D eigenvalue weighted by Crippen LogP contribution is 2.29. The Morgan fingerprint density at radius 3 is 2.58 bits per heavy atom. The third-order valence-corrected chi connectivity index (χ3v) is 5.40. The van der Waals surface area contributed by atoms with Crippen molar-refractivity contribution in [3.05, 3.63) is 64.1 Å². The molecule has 1 aliphatic heterocycles. The number of hydrogen-bond acceptors (Lipinski definition) is 4. The Labute approximate surface area is 161 Å². The van der Waals surface area contributed by atoms with Crippen molar-refractivity contribution in [3.8, 4) is 0 Å². The molecule has 6 nitrogen and oxygen atoms in total. The van der Waals surface area contributed by atoms with Crippen LogP contribution < -0.4 is 5.73 Å². The van der Waals surface area contributed by atoms with Gasteiger partial charge in [0, 0.05) is 25.2 Å². The number of likely N-dealkylation sites (tertiary alicyclic amines) is 1. The standard InChI is InChI=1S/C19H23BrN6/c20-17-8-23-26(13-17)11-15-5-3-14(4-6-15)10-25-7-1-2-16(12-25)19-18(21)9-22-24-19/h3-6,8-9,13,16H,1-2,7,10-12,21H2,(H,22,24). The number of nitrogens with zero attached hydrogens (tertiary/aromatic N) is 4. The number of aromatic nitrogens is 4. The van der Waals surface area contributed by atoms with Crippen LogP contribution in [0, 0.1) is 0 Å². The van der Waals surface area contributed by atoms with Gasteiger partial charge in [-0.25, -0.2) is 0 Å². The zero-order chi connectivity index (χ0) is 17.9. The summed E-state index contributed by atoms with van der Waals surface area (Å²) < 4.78 is 2.94. The second-order valence-electron chi connectivity index (χ2n) is 6.99. The van der Waals surface area contributed by atoms with Gasteiger partial charge in [-0.1, -0.05) is 24.3 Å². The molecule has 3 aromatic rings. The molecule has 7 heteroatoms. The SMILES string of the molecule is Nc1cn[nH]c1C1CCCN(Cc2ccc(Cn3cc(Br)cn3)cc2)C1. The molecule has 1 atom stereocenters. The number of aromatic amines is 1. The summed E-state index contributed by atoms with van der Waals surface area (Å²) in [6, 6.07) is 8.84. The average molecular weight is 415 g/mol. The summed E-state index contributed by atoms with van der Waals surface area (Å²) >= 11 is 3.43. The quantitative estimate of drug-likeness (QED) is 0.670. The molecule has 1 saturated heterocycles. The third-order valence-electron chi connectivity index (χ3n) is 4.99. The van der Waals surface area contributed by atoms with E-state index in [-0.39, 0.29) is 0 Å². The fourth-order valence-corrected chi connectivity index (χ4v) is 4.02. The Morgan fingerprint density at radius 1 is 1.15 bits per heavy atom.